The maximum atomic E-state index is 13.2. The zero-order valence-corrected chi connectivity index (χ0v) is 17.3. The van der Waals surface area contributed by atoms with Crippen LogP contribution in [0.2, 0.25) is 5.02 Å². The fourth-order valence-electron chi connectivity index (χ4n) is 2.72. The zero-order chi connectivity index (χ0) is 24.8. The van der Waals surface area contributed by atoms with Crippen molar-refractivity contribution in [2.24, 2.45) is 5.73 Å². The fraction of sp³-hybridized carbons (Fsp3) is 0.211. The standard InChI is InChI=1S/C19H16ClF3N4O6/c20-13-4-2-1-3-11(13)15(26-18(24)30)8-17(29)33-9-16(28)25-14-6-5-10(27(31)32)7-12(14)19(21,22)23/h1-7,15H,8-9H2,(H,25,28)(H3,24,26,30). The molecule has 0 aromatic heterocycles. The highest BCUT2D eigenvalue weighted by molar-refractivity contribution is 6.31. The summed E-state index contributed by atoms with van der Waals surface area (Å²) in [5, 5.41) is 15.1. The molecule has 10 nitrogen and oxygen atoms in total. The number of primary amides is 1. The molecular weight excluding hydrogens is 473 g/mol. The molecule has 14 heteroatoms. The Hall–Kier alpha value is -3.87. The van der Waals surface area contributed by atoms with Gasteiger partial charge in [-0.1, -0.05) is 29.8 Å². The first-order valence-corrected chi connectivity index (χ1v) is 9.37. The number of rotatable bonds is 8. The third-order valence-electron chi connectivity index (χ3n) is 4.13. The number of nitrogens with one attached hydrogen (secondary N) is 2. The summed E-state index contributed by atoms with van der Waals surface area (Å²) in [6.07, 6.45) is -5.47. The van der Waals surface area contributed by atoms with Gasteiger partial charge >= 0.3 is 18.2 Å². The summed E-state index contributed by atoms with van der Waals surface area (Å²) in [4.78, 5) is 45.1. The molecular formula is C19H16ClF3N4O6. The van der Waals surface area contributed by atoms with E-state index in [2.05, 4.69) is 5.32 Å². The van der Waals surface area contributed by atoms with Crippen LogP contribution in [0.4, 0.5) is 29.3 Å². The smallest absolute Gasteiger partial charge is 0.418 e. The largest absolute Gasteiger partial charge is 0.455 e. The SMILES string of the molecule is NC(=O)NC(CC(=O)OCC(=O)Nc1ccc([N+](=O)[O-])cc1C(F)(F)F)c1ccccc1Cl. The number of hydrogen-bond donors (Lipinski definition) is 3. The molecule has 1 unspecified atom stereocenters. The van der Waals surface area contributed by atoms with Crippen LogP contribution in [0, 0.1) is 10.1 Å². The first-order chi connectivity index (χ1) is 15.4. The van der Waals surface area contributed by atoms with E-state index in [4.69, 9.17) is 22.1 Å². The lowest BCUT2D eigenvalue weighted by Gasteiger charge is -2.18. The Kier molecular flexibility index (Phi) is 8.18. The number of alkyl halides is 3. The molecule has 33 heavy (non-hydrogen) atoms. The number of esters is 1. The molecule has 176 valence electrons. The molecule has 1 atom stereocenters. The number of anilines is 1. The van der Waals surface area contributed by atoms with Crippen LogP contribution in [0.25, 0.3) is 0 Å². The molecule has 0 aliphatic carbocycles. The van der Waals surface area contributed by atoms with Crippen molar-refractivity contribution < 1.29 is 37.2 Å². The number of non-ortho nitro benzene ring substituents is 1. The number of benzene rings is 2. The number of hydrogen-bond acceptors (Lipinski definition) is 6. The number of nitrogens with zero attached hydrogens (tertiary/aromatic N) is 1. The Bertz CT molecular complexity index is 1080. The van der Waals surface area contributed by atoms with Crippen LogP contribution in [-0.2, 0) is 20.5 Å². The summed E-state index contributed by atoms with van der Waals surface area (Å²) in [6, 6.07) is 6.06. The van der Waals surface area contributed by atoms with E-state index >= 15 is 0 Å². The second-order valence-electron chi connectivity index (χ2n) is 6.48. The summed E-state index contributed by atoms with van der Waals surface area (Å²) in [5.74, 6) is -2.11. The Morgan fingerprint density at radius 2 is 1.85 bits per heavy atom. The average Bonchev–Trinajstić information content (AvgIpc) is 2.71. The number of nitro benzene ring substituents is 1. The second-order valence-corrected chi connectivity index (χ2v) is 6.89. The number of ether oxygens (including phenoxy) is 1. The van der Waals surface area contributed by atoms with Gasteiger partial charge in [-0.2, -0.15) is 13.2 Å². The summed E-state index contributed by atoms with van der Waals surface area (Å²) >= 11 is 6.04. The molecule has 0 spiro atoms. The highest BCUT2D eigenvalue weighted by Crippen LogP contribution is 2.37. The lowest BCUT2D eigenvalue weighted by Crippen LogP contribution is -2.35. The van der Waals surface area contributed by atoms with Crippen molar-refractivity contribution in [3.63, 3.8) is 0 Å². The molecule has 0 saturated heterocycles. The van der Waals surface area contributed by atoms with Crippen LogP contribution in [0.3, 0.4) is 0 Å². The minimum Gasteiger partial charge on any atom is -0.455 e. The van der Waals surface area contributed by atoms with E-state index in [-0.39, 0.29) is 11.1 Å². The fourth-order valence-corrected chi connectivity index (χ4v) is 2.98. The molecule has 0 aliphatic rings. The summed E-state index contributed by atoms with van der Waals surface area (Å²) in [7, 11) is 0. The van der Waals surface area contributed by atoms with Crippen molar-refractivity contribution in [3.05, 3.63) is 68.7 Å². The van der Waals surface area contributed by atoms with Crippen LogP contribution in [0.1, 0.15) is 23.6 Å². The van der Waals surface area contributed by atoms with Crippen LogP contribution in [0.15, 0.2) is 42.5 Å². The van der Waals surface area contributed by atoms with E-state index in [1.807, 2.05) is 5.32 Å². The predicted molar refractivity (Wildman–Crippen MR) is 109 cm³/mol. The van der Waals surface area contributed by atoms with Crippen molar-refractivity contribution in [3.8, 4) is 0 Å². The maximum Gasteiger partial charge on any atom is 0.418 e. The summed E-state index contributed by atoms with van der Waals surface area (Å²) < 4.78 is 44.3. The van der Waals surface area contributed by atoms with Gasteiger partial charge in [0.15, 0.2) is 6.61 Å². The molecule has 0 fully saturated rings. The summed E-state index contributed by atoms with van der Waals surface area (Å²) in [6.45, 7) is -0.959. The van der Waals surface area contributed by atoms with Crippen molar-refractivity contribution in [2.75, 3.05) is 11.9 Å². The van der Waals surface area contributed by atoms with E-state index in [0.717, 1.165) is 6.07 Å². The van der Waals surface area contributed by atoms with Crippen molar-refractivity contribution >= 4 is 40.9 Å². The molecule has 4 N–H and O–H groups in total. The number of nitrogens with two attached hydrogens (primary N) is 1. The molecule has 0 heterocycles. The molecule has 2 aromatic carbocycles. The van der Waals surface area contributed by atoms with Crippen LogP contribution < -0.4 is 16.4 Å². The predicted octanol–water partition coefficient (Wildman–Crippen LogP) is 3.55. The number of halogens is 4. The van der Waals surface area contributed by atoms with E-state index in [0.29, 0.717) is 11.6 Å². The first kappa shape index (κ1) is 25.4. The monoisotopic (exact) mass is 488 g/mol. The minimum atomic E-state index is -4.99. The molecule has 0 saturated carbocycles. The van der Waals surface area contributed by atoms with Crippen molar-refractivity contribution in [1.82, 2.24) is 5.32 Å². The third kappa shape index (κ3) is 7.35. The number of nitro groups is 1. The van der Waals surface area contributed by atoms with Gasteiger partial charge in [-0.15, -0.1) is 0 Å². The topological polar surface area (TPSA) is 154 Å². The minimum absolute atomic E-state index is 0.222. The van der Waals surface area contributed by atoms with Crippen LogP contribution >= 0.6 is 11.6 Å². The second kappa shape index (κ2) is 10.6. The van der Waals surface area contributed by atoms with Gasteiger partial charge in [0.2, 0.25) is 0 Å². The number of amides is 3. The molecule has 0 bridgehead atoms. The maximum absolute atomic E-state index is 13.2. The molecule has 2 rings (SSSR count). The lowest BCUT2D eigenvalue weighted by atomic mass is 10.0. The van der Waals surface area contributed by atoms with Gasteiger partial charge in [0.05, 0.1) is 28.6 Å². The van der Waals surface area contributed by atoms with Gasteiger partial charge in [0, 0.05) is 17.2 Å². The van der Waals surface area contributed by atoms with Crippen LogP contribution in [-0.4, -0.2) is 29.4 Å². The zero-order valence-electron chi connectivity index (χ0n) is 16.5. The van der Waals surface area contributed by atoms with Gasteiger partial charge in [-0.25, -0.2) is 4.79 Å². The van der Waals surface area contributed by atoms with E-state index in [9.17, 15) is 37.7 Å². The van der Waals surface area contributed by atoms with Crippen molar-refractivity contribution in [1.29, 1.82) is 0 Å². The van der Waals surface area contributed by atoms with Gasteiger partial charge in [0.25, 0.3) is 11.6 Å². The lowest BCUT2D eigenvalue weighted by molar-refractivity contribution is -0.385. The van der Waals surface area contributed by atoms with E-state index in [1.54, 1.807) is 12.1 Å². The van der Waals surface area contributed by atoms with Gasteiger partial charge in [-0.3, -0.25) is 19.7 Å². The highest BCUT2D eigenvalue weighted by atomic mass is 35.5. The quantitative estimate of drug-likeness (QED) is 0.293. The van der Waals surface area contributed by atoms with Gasteiger partial charge in [-0.05, 0) is 17.7 Å². The third-order valence-corrected chi connectivity index (χ3v) is 4.47. The molecule has 3 amide bonds. The van der Waals surface area contributed by atoms with E-state index < -0.39 is 65.0 Å². The Morgan fingerprint density at radius 1 is 1.18 bits per heavy atom. The van der Waals surface area contributed by atoms with Gasteiger partial charge in [0.1, 0.15) is 0 Å². The summed E-state index contributed by atoms with van der Waals surface area (Å²) in [5.41, 5.74) is 2.43. The Morgan fingerprint density at radius 3 is 2.42 bits per heavy atom. The van der Waals surface area contributed by atoms with Gasteiger partial charge < -0.3 is 21.1 Å². The van der Waals surface area contributed by atoms with Crippen LogP contribution in [0.5, 0.6) is 0 Å². The number of urea groups is 1. The first-order valence-electron chi connectivity index (χ1n) is 9.00. The average molecular weight is 489 g/mol. The van der Waals surface area contributed by atoms with E-state index in [1.165, 1.54) is 12.1 Å². The Labute approximate surface area is 189 Å². The Balaban J connectivity index is 2.05. The number of carbonyl (C=O) groups is 3. The van der Waals surface area contributed by atoms with Crippen molar-refractivity contribution in [2.45, 2.75) is 18.6 Å². The molecule has 0 radical (unpaired) electrons. The normalized spacial score (nSPS) is 11.9. The molecule has 2 aromatic rings. The number of carbonyl (C=O) groups excluding carboxylic acids is 3. The highest BCUT2D eigenvalue weighted by Gasteiger charge is 2.35. The molecule has 0 aliphatic heterocycles.